The van der Waals surface area contributed by atoms with E-state index in [0.29, 0.717) is 0 Å². The van der Waals surface area contributed by atoms with Gasteiger partial charge in [-0.3, -0.25) is 0 Å². The normalized spacial score (nSPS) is 11.8. The average Bonchev–Trinajstić information content (AvgIpc) is 2.85. The molecule has 4 aromatic carbocycles. The van der Waals surface area contributed by atoms with E-state index in [9.17, 15) is 10.2 Å². The Labute approximate surface area is 207 Å². The Hall–Kier alpha value is -3.92. The molecule has 0 spiro atoms. The van der Waals surface area contributed by atoms with Crippen LogP contribution >= 0.6 is 0 Å². The molecule has 35 heavy (non-hydrogen) atoms. The fraction of sp³-hybridized carbons (Fsp3) is 0.226. The van der Waals surface area contributed by atoms with E-state index < -0.39 is 0 Å². The molecule has 0 aliphatic heterocycles. The van der Waals surface area contributed by atoms with Gasteiger partial charge >= 0.3 is 0 Å². The standard InChI is InChI=1S/C31H32O4/c1-30(2,22-5-13-26(32)14-6-22)24-9-17-28(18-10-24)34-21-35-29-19-11-25(12-20-29)31(3,4)23-7-15-27(33)16-8-23/h5-20,32-33H,21H2,1-4H3. The third kappa shape index (κ3) is 5.43. The summed E-state index contributed by atoms with van der Waals surface area (Å²) in [5, 5.41) is 19.1. The summed E-state index contributed by atoms with van der Waals surface area (Å²) in [6.07, 6.45) is 0. The molecule has 0 aromatic heterocycles. The van der Waals surface area contributed by atoms with Gasteiger partial charge in [0.05, 0.1) is 0 Å². The maximum absolute atomic E-state index is 9.56. The lowest BCUT2D eigenvalue weighted by Gasteiger charge is -2.26. The van der Waals surface area contributed by atoms with E-state index in [0.717, 1.165) is 33.8 Å². The third-order valence-electron chi connectivity index (χ3n) is 6.78. The van der Waals surface area contributed by atoms with Crippen LogP contribution in [0.2, 0.25) is 0 Å². The summed E-state index contributed by atoms with van der Waals surface area (Å²) in [5.41, 5.74) is 4.18. The van der Waals surface area contributed by atoms with Gasteiger partial charge in [-0.05, 0) is 70.8 Å². The molecule has 0 atom stereocenters. The van der Waals surface area contributed by atoms with E-state index in [4.69, 9.17) is 9.47 Å². The van der Waals surface area contributed by atoms with Crippen LogP contribution in [0.15, 0.2) is 97.1 Å². The number of ether oxygens (including phenoxy) is 2. The molecular formula is C31H32O4. The first-order valence-electron chi connectivity index (χ1n) is 11.7. The minimum Gasteiger partial charge on any atom is -0.508 e. The zero-order chi connectivity index (χ0) is 25.1. The van der Waals surface area contributed by atoms with E-state index in [1.807, 2.05) is 48.5 Å². The van der Waals surface area contributed by atoms with Crippen molar-refractivity contribution in [2.45, 2.75) is 38.5 Å². The van der Waals surface area contributed by atoms with Crippen molar-refractivity contribution in [2.75, 3.05) is 6.79 Å². The lowest BCUT2D eigenvalue weighted by atomic mass is 9.78. The summed E-state index contributed by atoms with van der Waals surface area (Å²) in [5.74, 6) is 2.01. The summed E-state index contributed by atoms with van der Waals surface area (Å²) < 4.78 is 11.6. The topological polar surface area (TPSA) is 58.9 Å². The van der Waals surface area contributed by atoms with Crippen molar-refractivity contribution in [2.24, 2.45) is 0 Å². The summed E-state index contributed by atoms with van der Waals surface area (Å²) >= 11 is 0. The van der Waals surface area contributed by atoms with Gasteiger partial charge in [-0.15, -0.1) is 0 Å². The highest BCUT2D eigenvalue weighted by Gasteiger charge is 2.24. The van der Waals surface area contributed by atoms with Crippen LogP contribution in [0.5, 0.6) is 23.0 Å². The smallest absolute Gasteiger partial charge is 0.230 e. The lowest BCUT2D eigenvalue weighted by Crippen LogP contribution is -2.18. The highest BCUT2D eigenvalue weighted by Crippen LogP contribution is 2.34. The number of rotatable bonds is 8. The van der Waals surface area contributed by atoms with Gasteiger partial charge in [-0.2, -0.15) is 0 Å². The molecule has 0 saturated heterocycles. The first-order chi connectivity index (χ1) is 16.7. The van der Waals surface area contributed by atoms with Crippen LogP contribution in [0, 0.1) is 0 Å². The number of hydrogen-bond donors (Lipinski definition) is 2. The molecule has 0 heterocycles. The highest BCUT2D eigenvalue weighted by atomic mass is 16.7. The van der Waals surface area contributed by atoms with Crippen molar-refractivity contribution >= 4 is 0 Å². The van der Waals surface area contributed by atoms with E-state index >= 15 is 0 Å². The fourth-order valence-electron chi connectivity index (χ4n) is 4.19. The summed E-state index contributed by atoms with van der Waals surface area (Å²) in [7, 11) is 0. The van der Waals surface area contributed by atoms with Gasteiger partial charge < -0.3 is 19.7 Å². The fourth-order valence-corrected chi connectivity index (χ4v) is 4.19. The van der Waals surface area contributed by atoms with Gasteiger partial charge in [0.2, 0.25) is 6.79 Å². The Morgan fingerprint density at radius 2 is 0.714 bits per heavy atom. The minimum absolute atomic E-state index is 0.113. The second-order valence-electron chi connectivity index (χ2n) is 9.80. The van der Waals surface area contributed by atoms with Gasteiger partial charge in [-0.1, -0.05) is 76.2 Å². The first-order valence-corrected chi connectivity index (χ1v) is 11.7. The van der Waals surface area contributed by atoms with Gasteiger partial charge in [-0.25, -0.2) is 0 Å². The molecule has 0 unspecified atom stereocenters. The van der Waals surface area contributed by atoms with Crippen LogP contribution in [0.4, 0.5) is 0 Å². The molecule has 180 valence electrons. The van der Waals surface area contributed by atoms with E-state index in [1.54, 1.807) is 24.3 Å². The number of hydrogen-bond acceptors (Lipinski definition) is 4. The molecule has 4 aromatic rings. The Morgan fingerprint density at radius 3 is 1.00 bits per heavy atom. The van der Waals surface area contributed by atoms with Gasteiger partial charge in [0.15, 0.2) is 0 Å². The predicted molar refractivity (Wildman–Crippen MR) is 139 cm³/mol. The Balaban J connectivity index is 1.34. The van der Waals surface area contributed by atoms with Crippen molar-refractivity contribution in [1.29, 1.82) is 0 Å². The minimum atomic E-state index is -0.196. The average molecular weight is 469 g/mol. The van der Waals surface area contributed by atoms with Crippen molar-refractivity contribution in [3.05, 3.63) is 119 Å². The van der Waals surface area contributed by atoms with Crippen LogP contribution in [0.25, 0.3) is 0 Å². The van der Waals surface area contributed by atoms with Crippen molar-refractivity contribution in [3.8, 4) is 23.0 Å². The molecule has 0 aliphatic carbocycles. The van der Waals surface area contributed by atoms with Crippen LogP contribution in [0.3, 0.4) is 0 Å². The van der Waals surface area contributed by atoms with Gasteiger partial charge in [0.1, 0.15) is 23.0 Å². The zero-order valence-electron chi connectivity index (χ0n) is 20.7. The molecule has 0 bridgehead atoms. The molecular weight excluding hydrogens is 436 g/mol. The van der Waals surface area contributed by atoms with Crippen LogP contribution in [-0.2, 0) is 10.8 Å². The molecule has 4 heteroatoms. The molecule has 0 amide bonds. The monoisotopic (exact) mass is 468 g/mol. The molecule has 0 saturated carbocycles. The number of benzene rings is 4. The van der Waals surface area contributed by atoms with Crippen LogP contribution in [0.1, 0.15) is 49.9 Å². The molecule has 0 radical (unpaired) electrons. The Morgan fingerprint density at radius 1 is 0.457 bits per heavy atom. The number of phenols is 2. The summed E-state index contributed by atoms with van der Waals surface area (Å²) in [6, 6.07) is 30.7. The molecule has 0 aliphatic rings. The molecule has 4 nitrogen and oxygen atoms in total. The maximum atomic E-state index is 9.56. The van der Waals surface area contributed by atoms with E-state index in [1.165, 1.54) is 0 Å². The van der Waals surface area contributed by atoms with Gasteiger partial charge in [0, 0.05) is 10.8 Å². The largest absolute Gasteiger partial charge is 0.508 e. The van der Waals surface area contributed by atoms with Crippen LogP contribution in [-0.4, -0.2) is 17.0 Å². The van der Waals surface area contributed by atoms with Crippen molar-refractivity contribution < 1.29 is 19.7 Å². The molecule has 0 fully saturated rings. The summed E-state index contributed by atoms with van der Waals surface area (Å²) in [4.78, 5) is 0. The lowest BCUT2D eigenvalue weighted by molar-refractivity contribution is 0.120. The zero-order valence-corrected chi connectivity index (χ0v) is 20.7. The highest BCUT2D eigenvalue weighted by molar-refractivity contribution is 5.43. The Kier molecular flexibility index (Phi) is 6.74. The SMILES string of the molecule is CC(C)(c1ccc(O)cc1)c1ccc(OCOc2ccc(C(C)(C)c3ccc(O)cc3)cc2)cc1. The maximum Gasteiger partial charge on any atom is 0.230 e. The third-order valence-corrected chi connectivity index (χ3v) is 6.78. The quantitative estimate of drug-likeness (QED) is 0.269. The van der Waals surface area contributed by atoms with Crippen molar-refractivity contribution in [1.82, 2.24) is 0 Å². The first kappa shape index (κ1) is 24.2. The van der Waals surface area contributed by atoms with Crippen molar-refractivity contribution in [3.63, 3.8) is 0 Å². The number of aromatic hydroxyl groups is 2. The van der Waals surface area contributed by atoms with E-state index in [-0.39, 0.29) is 29.1 Å². The Bertz CT molecular complexity index is 1140. The van der Waals surface area contributed by atoms with E-state index in [2.05, 4.69) is 52.0 Å². The second kappa shape index (κ2) is 9.75. The number of phenolic OH excluding ortho intramolecular Hbond substituents is 2. The predicted octanol–water partition coefficient (Wildman–Crippen LogP) is 7.16. The molecule has 4 rings (SSSR count). The summed E-state index contributed by atoms with van der Waals surface area (Å²) in [6.45, 7) is 8.74. The second-order valence-corrected chi connectivity index (χ2v) is 9.80. The van der Waals surface area contributed by atoms with Gasteiger partial charge in [0.25, 0.3) is 0 Å². The molecule has 2 N–H and O–H groups in total. The van der Waals surface area contributed by atoms with Crippen LogP contribution < -0.4 is 9.47 Å².